The van der Waals surface area contributed by atoms with Crippen LogP contribution in [0.2, 0.25) is 0 Å². The van der Waals surface area contributed by atoms with E-state index in [1.165, 1.54) is 32.1 Å². The molecule has 4 rings (SSSR count). The first-order chi connectivity index (χ1) is 12.3. The van der Waals surface area contributed by atoms with Crippen LogP contribution in [0.5, 0.6) is 11.5 Å². The second kappa shape index (κ2) is 7.28. The van der Waals surface area contributed by atoms with E-state index in [1.807, 2.05) is 6.07 Å². The van der Waals surface area contributed by atoms with E-state index in [0.717, 1.165) is 54.9 Å². The summed E-state index contributed by atoms with van der Waals surface area (Å²) in [4.78, 5) is 6.11. The smallest absolute Gasteiger partial charge is 0.162 e. The Morgan fingerprint density at radius 1 is 1.04 bits per heavy atom. The van der Waals surface area contributed by atoms with Crippen LogP contribution in [0.4, 0.5) is 0 Å². The Kier molecular flexibility index (Phi) is 4.89. The minimum Gasteiger partial charge on any atom is -0.493 e. The third kappa shape index (κ3) is 3.64. The minimum atomic E-state index is 0.0113. The van der Waals surface area contributed by atoms with Crippen molar-refractivity contribution >= 4 is 5.70 Å². The van der Waals surface area contributed by atoms with Gasteiger partial charge in [0.1, 0.15) is 0 Å². The van der Waals surface area contributed by atoms with Crippen LogP contribution >= 0.6 is 0 Å². The number of nitrogens with one attached hydrogen (secondary N) is 1. The van der Waals surface area contributed by atoms with E-state index in [9.17, 15) is 0 Å². The molecule has 0 bridgehead atoms. The highest BCUT2D eigenvalue weighted by atomic mass is 16.7. The molecule has 136 valence electrons. The van der Waals surface area contributed by atoms with E-state index in [-0.39, 0.29) is 5.60 Å². The second-order valence-electron chi connectivity index (χ2n) is 7.66. The van der Waals surface area contributed by atoms with Crippen LogP contribution in [0.1, 0.15) is 69.8 Å². The quantitative estimate of drug-likeness (QED) is 0.836. The van der Waals surface area contributed by atoms with Crippen LogP contribution in [0.25, 0.3) is 5.70 Å². The molecule has 0 radical (unpaired) electrons. The maximum Gasteiger partial charge on any atom is 0.162 e. The van der Waals surface area contributed by atoms with Crippen LogP contribution in [0.3, 0.4) is 0 Å². The largest absolute Gasteiger partial charge is 0.493 e. The first kappa shape index (κ1) is 16.8. The number of benzene rings is 1. The molecule has 3 aliphatic rings. The van der Waals surface area contributed by atoms with Crippen molar-refractivity contribution < 1.29 is 14.3 Å². The summed E-state index contributed by atoms with van der Waals surface area (Å²) in [6, 6.07) is 6.15. The van der Waals surface area contributed by atoms with Crippen molar-refractivity contribution in [3.8, 4) is 11.5 Å². The fourth-order valence-electron chi connectivity index (χ4n) is 4.34. The molecular weight excluding hydrogens is 314 g/mol. The molecule has 1 spiro atoms. The molecule has 1 N–H and O–H groups in total. The standard InChI is InChI=1S/C21H29NO3/c1-23-19-10-9-16(15-20(19)24-17-7-3-4-8-17)18-11-14-21(25-22-18)12-5-2-6-13-21/h9-11,15,17,22H,2-8,12-14H2,1H3. The first-order valence-electron chi connectivity index (χ1n) is 9.77. The van der Waals surface area contributed by atoms with Gasteiger partial charge in [0, 0.05) is 5.56 Å². The summed E-state index contributed by atoms with van der Waals surface area (Å²) >= 11 is 0. The first-order valence-corrected chi connectivity index (χ1v) is 9.77. The van der Waals surface area contributed by atoms with Gasteiger partial charge >= 0.3 is 0 Å². The number of hydrogen-bond donors (Lipinski definition) is 1. The lowest BCUT2D eigenvalue weighted by atomic mass is 9.81. The van der Waals surface area contributed by atoms with Gasteiger partial charge in [0.05, 0.1) is 24.5 Å². The highest BCUT2D eigenvalue weighted by Gasteiger charge is 2.35. The van der Waals surface area contributed by atoms with E-state index >= 15 is 0 Å². The van der Waals surface area contributed by atoms with E-state index < -0.39 is 0 Å². The average Bonchev–Trinajstić information content (AvgIpc) is 3.16. The van der Waals surface area contributed by atoms with Gasteiger partial charge in [-0.25, -0.2) is 0 Å². The maximum absolute atomic E-state index is 6.22. The fourth-order valence-corrected chi connectivity index (χ4v) is 4.34. The van der Waals surface area contributed by atoms with Gasteiger partial charge in [-0.2, -0.15) is 0 Å². The molecule has 1 aliphatic heterocycles. The van der Waals surface area contributed by atoms with Gasteiger partial charge in [-0.3, -0.25) is 10.3 Å². The Hall–Kier alpha value is -1.68. The maximum atomic E-state index is 6.22. The normalized spacial score (nSPS) is 23.2. The molecule has 4 heteroatoms. The third-order valence-corrected chi connectivity index (χ3v) is 5.89. The summed E-state index contributed by atoms with van der Waals surface area (Å²) in [6.45, 7) is 0. The van der Waals surface area contributed by atoms with Crippen molar-refractivity contribution in [2.75, 3.05) is 7.11 Å². The van der Waals surface area contributed by atoms with Crippen molar-refractivity contribution in [3.63, 3.8) is 0 Å². The molecule has 1 aromatic carbocycles. The molecule has 2 saturated carbocycles. The zero-order valence-electron chi connectivity index (χ0n) is 15.2. The molecule has 2 fully saturated rings. The number of rotatable bonds is 4. The second-order valence-corrected chi connectivity index (χ2v) is 7.66. The van der Waals surface area contributed by atoms with E-state index in [4.69, 9.17) is 14.3 Å². The number of methoxy groups -OCH3 is 1. The van der Waals surface area contributed by atoms with Crippen LogP contribution < -0.4 is 15.0 Å². The summed E-state index contributed by atoms with van der Waals surface area (Å²) in [7, 11) is 1.70. The zero-order chi connectivity index (χ0) is 17.1. The van der Waals surface area contributed by atoms with E-state index in [1.54, 1.807) is 7.11 Å². The van der Waals surface area contributed by atoms with Crippen molar-refractivity contribution in [2.45, 2.75) is 75.9 Å². The fraction of sp³-hybridized carbons (Fsp3) is 0.619. The SMILES string of the molecule is COc1ccc(C2=CCC3(CCCCC3)ON2)cc1OC1CCCC1. The van der Waals surface area contributed by atoms with Crippen LogP contribution in [0, 0.1) is 0 Å². The summed E-state index contributed by atoms with van der Waals surface area (Å²) in [5, 5.41) is 0. The molecule has 0 amide bonds. The lowest BCUT2D eigenvalue weighted by Crippen LogP contribution is -2.41. The summed E-state index contributed by atoms with van der Waals surface area (Å²) in [5.41, 5.74) is 5.36. The summed E-state index contributed by atoms with van der Waals surface area (Å²) in [6.07, 6.45) is 14.6. The summed E-state index contributed by atoms with van der Waals surface area (Å²) < 4.78 is 11.7. The predicted molar refractivity (Wildman–Crippen MR) is 98.5 cm³/mol. The molecule has 4 nitrogen and oxygen atoms in total. The molecule has 1 heterocycles. The topological polar surface area (TPSA) is 39.7 Å². The molecule has 0 unspecified atom stereocenters. The highest BCUT2D eigenvalue weighted by molar-refractivity contribution is 5.66. The van der Waals surface area contributed by atoms with Crippen molar-refractivity contribution in [1.29, 1.82) is 0 Å². The van der Waals surface area contributed by atoms with E-state index in [0.29, 0.717) is 6.10 Å². The Morgan fingerprint density at radius 2 is 1.84 bits per heavy atom. The molecular formula is C21H29NO3. The third-order valence-electron chi connectivity index (χ3n) is 5.89. The lowest BCUT2D eigenvalue weighted by molar-refractivity contribution is -0.111. The van der Waals surface area contributed by atoms with Crippen molar-refractivity contribution in [2.24, 2.45) is 0 Å². The van der Waals surface area contributed by atoms with Gasteiger partial charge in [-0.15, -0.1) is 0 Å². The highest BCUT2D eigenvalue weighted by Crippen LogP contribution is 2.39. The van der Waals surface area contributed by atoms with Crippen LogP contribution in [-0.4, -0.2) is 18.8 Å². The molecule has 1 aromatic rings. The minimum absolute atomic E-state index is 0.0113. The molecule has 0 atom stereocenters. The van der Waals surface area contributed by atoms with Gasteiger partial charge in [-0.1, -0.05) is 25.3 Å². The molecule has 0 aromatic heterocycles. The zero-order valence-corrected chi connectivity index (χ0v) is 15.2. The van der Waals surface area contributed by atoms with Gasteiger partial charge in [0.15, 0.2) is 11.5 Å². The van der Waals surface area contributed by atoms with Crippen LogP contribution in [0.15, 0.2) is 24.3 Å². The predicted octanol–water partition coefficient (Wildman–Crippen LogP) is 4.99. The molecule has 2 aliphatic carbocycles. The number of hydrogen-bond acceptors (Lipinski definition) is 4. The van der Waals surface area contributed by atoms with Gasteiger partial charge in [0.25, 0.3) is 0 Å². The number of ether oxygens (including phenoxy) is 2. The van der Waals surface area contributed by atoms with E-state index in [2.05, 4.69) is 23.7 Å². The summed E-state index contributed by atoms with van der Waals surface area (Å²) in [5.74, 6) is 1.64. The Bertz CT molecular complexity index is 628. The van der Waals surface area contributed by atoms with Crippen LogP contribution in [-0.2, 0) is 4.84 Å². The Balaban J connectivity index is 1.52. The molecule has 25 heavy (non-hydrogen) atoms. The lowest BCUT2D eigenvalue weighted by Gasteiger charge is -2.39. The Labute approximate surface area is 150 Å². The van der Waals surface area contributed by atoms with Crippen molar-refractivity contribution in [3.05, 3.63) is 29.8 Å². The van der Waals surface area contributed by atoms with Gasteiger partial charge < -0.3 is 9.47 Å². The Morgan fingerprint density at radius 3 is 2.52 bits per heavy atom. The van der Waals surface area contributed by atoms with Gasteiger partial charge in [-0.05, 0) is 63.1 Å². The van der Waals surface area contributed by atoms with Crippen molar-refractivity contribution in [1.82, 2.24) is 5.48 Å². The molecule has 0 saturated heterocycles. The van der Waals surface area contributed by atoms with Gasteiger partial charge in [0.2, 0.25) is 0 Å². The average molecular weight is 343 g/mol. The monoisotopic (exact) mass is 343 g/mol. The number of hydroxylamine groups is 1.